The number of hydrogen-bond donors (Lipinski definition) is 1. The zero-order valence-electron chi connectivity index (χ0n) is 21.7. The molecule has 2 aromatic carbocycles. The maximum atomic E-state index is 11.2. The van der Waals surface area contributed by atoms with Gasteiger partial charge in [0.15, 0.2) is 0 Å². The smallest absolute Gasteiger partial charge is 0.127 e. The van der Waals surface area contributed by atoms with Crippen molar-refractivity contribution in [1.82, 2.24) is 0 Å². The van der Waals surface area contributed by atoms with E-state index in [2.05, 4.69) is 80.5 Å². The third-order valence-corrected chi connectivity index (χ3v) is 4.82. The van der Waals surface area contributed by atoms with E-state index in [1.165, 1.54) is 0 Å². The average Bonchev–Trinajstić information content (AvgIpc) is 2.50. The summed E-state index contributed by atoms with van der Waals surface area (Å²) in [6.07, 6.45) is 0. The minimum absolute atomic E-state index is 0.130. The Labute approximate surface area is 189 Å². The van der Waals surface area contributed by atoms with Gasteiger partial charge in [-0.25, -0.2) is 0 Å². The first kappa shape index (κ1) is 25.1. The first-order valence-corrected chi connectivity index (χ1v) is 11.2. The number of aromatic hydroxyl groups is 1. The SMILES string of the molecule is CC(C)(C)Oc1ccc(-c2c(O)cc(OC(C)(C)C)cc2C(C)(C)C)c(C(C)(C)C)c1. The topological polar surface area (TPSA) is 38.7 Å². The molecule has 1 N–H and O–H groups in total. The Morgan fingerprint density at radius 1 is 0.581 bits per heavy atom. The molecule has 0 saturated heterocycles. The van der Waals surface area contributed by atoms with Gasteiger partial charge in [0.05, 0.1) is 0 Å². The van der Waals surface area contributed by atoms with Crippen LogP contribution in [0.15, 0.2) is 30.3 Å². The Bertz CT molecular complexity index is 927. The summed E-state index contributed by atoms with van der Waals surface area (Å²) in [5, 5.41) is 11.2. The molecule has 0 heterocycles. The fraction of sp³-hybridized carbons (Fsp3) is 0.571. The van der Waals surface area contributed by atoms with Gasteiger partial charge in [0, 0.05) is 11.6 Å². The molecule has 31 heavy (non-hydrogen) atoms. The van der Waals surface area contributed by atoms with Crippen LogP contribution in [0.2, 0.25) is 0 Å². The van der Waals surface area contributed by atoms with Gasteiger partial charge in [-0.2, -0.15) is 0 Å². The maximum Gasteiger partial charge on any atom is 0.127 e. The molecular weight excluding hydrogens is 384 g/mol. The Balaban J connectivity index is 2.80. The van der Waals surface area contributed by atoms with Crippen LogP contribution in [0.4, 0.5) is 0 Å². The Morgan fingerprint density at radius 3 is 1.48 bits per heavy atom. The molecule has 2 aromatic rings. The van der Waals surface area contributed by atoms with Gasteiger partial charge < -0.3 is 14.6 Å². The molecule has 172 valence electrons. The molecule has 2 rings (SSSR count). The van der Waals surface area contributed by atoms with Crippen molar-refractivity contribution in [3.63, 3.8) is 0 Å². The summed E-state index contributed by atoms with van der Waals surface area (Å²) < 4.78 is 12.2. The Hall–Kier alpha value is -2.16. The van der Waals surface area contributed by atoms with Crippen molar-refractivity contribution in [2.45, 2.75) is 105 Å². The second-order valence-electron chi connectivity index (χ2n) is 12.5. The lowest BCUT2D eigenvalue weighted by atomic mass is 9.76. The molecule has 0 saturated carbocycles. The Kier molecular flexibility index (Phi) is 6.54. The predicted octanol–water partition coefficient (Wildman–Crippen LogP) is 8.01. The van der Waals surface area contributed by atoms with Gasteiger partial charge in [-0.1, -0.05) is 47.6 Å². The quantitative estimate of drug-likeness (QED) is 0.540. The van der Waals surface area contributed by atoms with E-state index in [0.717, 1.165) is 28.0 Å². The second-order valence-corrected chi connectivity index (χ2v) is 12.5. The lowest BCUT2D eigenvalue weighted by Gasteiger charge is -2.31. The van der Waals surface area contributed by atoms with Crippen LogP contribution in [-0.2, 0) is 10.8 Å². The van der Waals surface area contributed by atoms with Crippen molar-refractivity contribution < 1.29 is 14.6 Å². The molecule has 3 heteroatoms. The minimum Gasteiger partial charge on any atom is -0.507 e. The van der Waals surface area contributed by atoms with Crippen molar-refractivity contribution in [1.29, 1.82) is 0 Å². The number of benzene rings is 2. The van der Waals surface area contributed by atoms with E-state index in [1.54, 1.807) is 6.07 Å². The van der Waals surface area contributed by atoms with Crippen LogP contribution in [0, 0.1) is 0 Å². The van der Waals surface area contributed by atoms with Crippen molar-refractivity contribution >= 4 is 0 Å². The van der Waals surface area contributed by atoms with Gasteiger partial charge in [0.2, 0.25) is 0 Å². The summed E-state index contributed by atoms with van der Waals surface area (Å²) in [5.74, 6) is 1.76. The molecule has 0 aliphatic carbocycles. The molecule has 0 radical (unpaired) electrons. The molecule has 0 aliphatic rings. The standard InChI is InChI=1S/C28H42O3/c1-25(2,3)21-15-18(30-27(7,8)9)13-14-20(21)24-22(26(4,5)6)16-19(17-23(24)29)31-28(10,11)12/h13-17,29H,1-12H3. The van der Waals surface area contributed by atoms with Crippen LogP contribution >= 0.6 is 0 Å². The van der Waals surface area contributed by atoms with Crippen LogP contribution in [0.1, 0.15) is 94.2 Å². The fourth-order valence-electron chi connectivity index (χ4n) is 3.67. The molecule has 0 spiro atoms. The van der Waals surface area contributed by atoms with E-state index >= 15 is 0 Å². The number of ether oxygens (including phenoxy) is 2. The third kappa shape index (κ3) is 6.66. The zero-order valence-corrected chi connectivity index (χ0v) is 21.7. The molecule has 0 aromatic heterocycles. The predicted molar refractivity (Wildman–Crippen MR) is 132 cm³/mol. The van der Waals surface area contributed by atoms with E-state index in [4.69, 9.17) is 9.47 Å². The van der Waals surface area contributed by atoms with Crippen molar-refractivity contribution in [3.8, 4) is 28.4 Å². The van der Waals surface area contributed by atoms with Crippen LogP contribution in [0.3, 0.4) is 0 Å². The first-order chi connectivity index (χ1) is 13.8. The van der Waals surface area contributed by atoms with Crippen molar-refractivity contribution in [3.05, 3.63) is 41.5 Å². The lowest BCUT2D eigenvalue weighted by molar-refractivity contribution is 0.130. The summed E-state index contributed by atoms with van der Waals surface area (Å²) in [7, 11) is 0. The highest BCUT2D eigenvalue weighted by atomic mass is 16.5. The third-order valence-electron chi connectivity index (χ3n) is 4.82. The summed E-state index contributed by atoms with van der Waals surface area (Å²) in [4.78, 5) is 0. The highest BCUT2D eigenvalue weighted by molar-refractivity contribution is 5.80. The zero-order chi connectivity index (χ0) is 24.0. The maximum absolute atomic E-state index is 11.2. The summed E-state index contributed by atoms with van der Waals surface area (Å²) in [6, 6.07) is 10.0. The normalized spacial score (nSPS) is 13.3. The second kappa shape index (κ2) is 8.07. The summed E-state index contributed by atoms with van der Waals surface area (Å²) in [6.45, 7) is 25.3. The lowest BCUT2D eigenvalue weighted by Crippen LogP contribution is -2.24. The molecule has 0 unspecified atom stereocenters. The van der Waals surface area contributed by atoms with Gasteiger partial charge in [0.1, 0.15) is 28.5 Å². The molecule has 0 fully saturated rings. The van der Waals surface area contributed by atoms with E-state index in [1.807, 2.05) is 26.8 Å². The molecule has 3 nitrogen and oxygen atoms in total. The average molecular weight is 427 g/mol. The van der Waals surface area contributed by atoms with E-state index in [9.17, 15) is 5.11 Å². The highest BCUT2D eigenvalue weighted by Gasteiger charge is 2.29. The number of hydrogen-bond acceptors (Lipinski definition) is 3. The van der Waals surface area contributed by atoms with Gasteiger partial charge in [0.25, 0.3) is 0 Å². The Morgan fingerprint density at radius 2 is 1.03 bits per heavy atom. The summed E-state index contributed by atoms with van der Waals surface area (Å²) in [5.41, 5.74) is 3.15. The van der Waals surface area contributed by atoms with Crippen LogP contribution < -0.4 is 9.47 Å². The van der Waals surface area contributed by atoms with Crippen molar-refractivity contribution in [2.75, 3.05) is 0 Å². The number of phenols is 1. The number of phenolic OH excluding ortho intramolecular Hbond substituents is 1. The summed E-state index contributed by atoms with van der Waals surface area (Å²) >= 11 is 0. The monoisotopic (exact) mass is 426 g/mol. The van der Waals surface area contributed by atoms with Gasteiger partial charge >= 0.3 is 0 Å². The number of rotatable bonds is 3. The fourth-order valence-corrected chi connectivity index (χ4v) is 3.67. The van der Waals surface area contributed by atoms with E-state index in [-0.39, 0.29) is 27.8 Å². The van der Waals surface area contributed by atoms with Gasteiger partial charge in [-0.15, -0.1) is 0 Å². The highest BCUT2D eigenvalue weighted by Crippen LogP contribution is 2.46. The van der Waals surface area contributed by atoms with E-state index in [0.29, 0.717) is 5.75 Å². The first-order valence-electron chi connectivity index (χ1n) is 11.2. The van der Waals surface area contributed by atoms with E-state index < -0.39 is 0 Å². The molecular formula is C28H42O3. The largest absolute Gasteiger partial charge is 0.507 e. The van der Waals surface area contributed by atoms with Gasteiger partial charge in [-0.3, -0.25) is 0 Å². The van der Waals surface area contributed by atoms with Crippen LogP contribution in [0.25, 0.3) is 11.1 Å². The van der Waals surface area contributed by atoms with Crippen LogP contribution in [0.5, 0.6) is 17.2 Å². The molecule has 0 atom stereocenters. The van der Waals surface area contributed by atoms with Crippen molar-refractivity contribution in [2.24, 2.45) is 0 Å². The van der Waals surface area contributed by atoms with Crippen LogP contribution in [-0.4, -0.2) is 16.3 Å². The molecule has 0 aliphatic heterocycles. The minimum atomic E-state index is -0.342. The van der Waals surface area contributed by atoms with Gasteiger partial charge in [-0.05, 0) is 87.3 Å². The molecule has 0 bridgehead atoms. The molecule has 0 amide bonds.